The predicted octanol–water partition coefficient (Wildman–Crippen LogP) is 3.70. The summed E-state index contributed by atoms with van der Waals surface area (Å²) in [6.45, 7) is 2.11. The molecule has 1 aromatic carbocycles. The highest BCUT2D eigenvalue weighted by Gasteiger charge is 2.36. The van der Waals surface area contributed by atoms with E-state index in [4.69, 9.17) is 11.6 Å². The van der Waals surface area contributed by atoms with Crippen molar-refractivity contribution >= 4 is 33.4 Å². The fourth-order valence-electron chi connectivity index (χ4n) is 2.34. The molecule has 1 atom stereocenters. The van der Waals surface area contributed by atoms with Gasteiger partial charge in [0, 0.05) is 21.5 Å². The Morgan fingerprint density at radius 3 is 2.88 bits per heavy atom. The van der Waals surface area contributed by atoms with Crippen molar-refractivity contribution in [2.75, 3.05) is 0 Å². The summed E-state index contributed by atoms with van der Waals surface area (Å²) in [6.07, 6.45) is 3.25. The second kappa shape index (κ2) is 4.99. The molecular weight excluding hydrogens is 302 g/mol. The second-order valence-electron chi connectivity index (χ2n) is 4.59. The molecule has 0 bridgehead atoms. The van der Waals surface area contributed by atoms with E-state index in [0.29, 0.717) is 6.42 Å². The van der Waals surface area contributed by atoms with Crippen LogP contribution in [0.2, 0.25) is 5.02 Å². The molecule has 4 heteroatoms. The molecule has 1 unspecified atom stereocenters. The summed E-state index contributed by atoms with van der Waals surface area (Å²) in [7, 11) is 0. The molecule has 92 valence electrons. The van der Waals surface area contributed by atoms with Gasteiger partial charge in [-0.3, -0.25) is 4.79 Å². The number of carbonyl (C=O) groups is 1. The van der Waals surface area contributed by atoms with Crippen LogP contribution in [0.3, 0.4) is 0 Å². The molecule has 0 aromatic heterocycles. The molecule has 1 saturated heterocycles. The van der Waals surface area contributed by atoms with Gasteiger partial charge in [0.2, 0.25) is 5.91 Å². The lowest BCUT2D eigenvalue weighted by Gasteiger charge is -2.28. The van der Waals surface area contributed by atoms with Gasteiger partial charge in [-0.25, -0.2) is 0 Å². The Kier molecular flexibility index (Phi) is 3.79. The molecule has 17 heavy (non-hydrogen) atoms. The van der Waals surface area contributed by atoms with Gasteiger partial charge in [-0.1, -0.05) is 34.5 Å². The van der Waals surface area contributed by atoms with Gasteiger partial charge in [-0.05, 0) is 43.0 Å². The number of nitrogens with one attached hydrogen (secondary N) is 1. The minimum atomic E-state index is -0.110. The minimum Gasteiger partial charge on any atom is -0.350 e. The summed E-state index contributed by atoms with van der Waals surface area (Å²) in [6, 6.07) is 5.85. The molecule has 0 spiro atoms. The highest BCUT2D eigenvalue weighted by molar-refractivity contribution is 9.10. The largest absolute Gasteiger partial charge is 0.350 e. The lowest BCUT2D eigenvalue weighted by molar-refractivity contribution is -0.119. The first kappa shape index (κ1) is 12.9. The minimum absolute atomic E-state index is 0.110. The van der Waals surface area contributed by atoms with Crippen molar-refractivity contribution in [2.24, 2.45) is 0 Å². The number of amides is 1. The van der Waals surface area contributed by atoms with Gasteiger partial charge in [-0.15, -0.1) is 0 Å². The molecular formula is C13H15BrClNO. The normalized spacial score (nSPS) is 23.8. The molecule has 0 saturated carbocycles. The van der Waals surface area contributed by atoms with Crippen molar-refractivity contribution in [3.8, 4) is 0 Å². The number of hydrogen-bond acceptors (Lipinski definition) is 1. The summed E-state index contributed by atoms with van der Waals surface area (Å²) in [4.78, 5) is 11.4. The number of halogens is 2. The maximum Gasteiger partial charge on any atom is 0.220 e. The molecule has 2 nitrogen and oxygen atoms in total. The number of hydrogen-bond donors (Lipinski definition) is 1. The predicted molar refractivity (Wildman–Crippen MR) is 73.3 cm³/mol. The van der Waals surface area contributed by atoms with Crippen LogP contribution in [0.5, 0.6) is 0 Å². The standard InChI is InChI=1S/C13H15BrClNO/c1-2-13(6-5-12(17)16-13)8-9-7-10(14)3-4-11(9)15/h3-4,7H,2,5-6,8H2,1H3,(H,16,17). The van der Waals surface area contributed by atoms with Crippen LogP contribution in [0.4, 0.5) is 0 Å². The first-order valence-corrected chi connectivity index (χ1v) is 6.97. The van der Waals surface area contributed by atoms with Crippen molar-refractivity contribution in [1.82, 2.24) is 5.32 Å². The van der Waals surface area contributed by atoms with Gasteiger partial charge in [-0.2, -0.15) is 0 Å². The number of carbonyl (C=O) groups excluding carboxylic acids is 1. The molecule has 0 radical (unpaired) electrons. The van der Waals surface area contributed by atoms with Crippen LogP contribution in [0.1, 0.15) is 31.7 Å². The van der Waals surface area contributed by atoms with Crippen molar-refractivity contribution in [3.63, 3.8) is 0 Å². The summed E-state index contributed by atoms with van der Waals surface area (Å²) >= 11 is 9.65. The SMILES string of the molecule is CCC1(Cc2cc(Br)ccc2Cl)CCC(=O)N1. The average molecular weight is 317 g/mol. The third-order valence-electron chi connectivity index (χ3n) is 3.45. The van der Waals surface area contributed by atoms with Crippen molar-refractivity contribution in [3.05, 3.63) is 33.3 Å². The smallest absolute Gasteiger partial charge is 0.220 e. The molecule has 0 aliphatic carbocycles. The Morgan fingerprint density at radius 1 is 1.53 bits per heavy atom. The lowest BCUT2D eigenvalue weighted by atomic mass is 9.87. The second-order valence-corrected chi connectivity index (χ2v) is 5.92. The van der Waals surface area contributed by atoms with E-state index in [1.165, 1.54) is 0 Å². The lowest BCUT2D eigenvalue weighted by Crippen LogP contribution is -2.43. The zero-order valence-corrected chi connectivity index (χ0v) is 12.1. The van der Waals surface area contributed by atoms with E-state index in [1.807, 2.05) is 18.2 Å². The van der Waals surface area contributed by atoms with E-state index in [0.717, 1.165) is 34.3 Å². The van der Waals surface area contributed by atoms with Crippen LogP contribution in [-0.4, -0.2) is 11.4 Å². The molecule has 1 fully saturated rings. The summed E-state index contributed by atoms with van der Waals surface area (Å²) < 4.78 is 1.02. The van der Waals surface area contributed by atoms with Crippen LogP contribution in [-0.2, 0) is 11.2 Å². The van der Waals surface area contributed by atoms with Crippen molar-refractivity contribution in [1.29, 1.82) is 0 Å². The topological polar surface area (TPSA) is 29.1 Å². The maximum absolute atomic E-state index is 11.4. The van der Waals surface area contributed by atoms with Gasteiger partial charge >= 0.3 is 0 Å². The molecule has 1 aromatic rings. The Labute approximate surface area is 115 Å². The van der Waals surface area contributed by atoms with E-state index in [9.17, 15) is 4.79 Å². The van der Waals surface area contributed by atoms with Gasteiger partial charge in [0.1, 0.15) is 0 Å². The zero-order valence-electron chi connectivity index (χ0n) is 9.72. The van der Waals surface area contributed by atoms with Crippen LogP contribution in [0.15, 0.2) is 22.7 Å². The fourth-order valence-corrected chi connectivity index (χ4v) is 2.93. The number of benzene rings is 1. The molecule has 1 aliphatic heterocycles. The fraction of sp³-hybridized carbons (Fsp3) is 0.462. The van der Waals surface area contributed by atoms with E-state index in [-0.39, 0.29) is 11.4 Å². The molecule has 2 rings (SSSR count). The summed E-state index contributed by atoms with van der Waals surface area (Å²) in [5.41, 5.74) is 0.978. The van der Waals surface area contributed by atoms with Crippen LogP contribution in [0.25, 0.3) is 0 Å². The molecule has 1 heterocycles. The molecule has 1 aliphatic rings. The van der Waals surface area contributed by atoms with E-state index >= 15 is 0 Å². The maximum atomic E-state index is 11.4. The Hall–Kier alpha value is -0.540. The van der Waals surface area contributed by atoms with Crippen molar-refractivity contribution in [2.45, 2.75) is 38.1 Å². The number of rotatable bonds is 3. The van der Waals surface area contributed by atoms with E-state index in [1.54, 1.807) is 0 Å². The summed E-state index contributed by atoms with van der Waals surface area (Å²) in [5.74, 6) is 0.151. The zero-order chi connectivity index (χ0) is 12.5. The van der Waals surface area contributed by atoms with Gasteiger partial charge in [0.15, 0.2) is 0 Å². The van der Waals surface area contributed by atoms with Crippen LogP contribution >= 0.6 is 27.5 Å². The Bertz CT molecular complexity index is 449. The van der Waals surface area contributed by atoms with Crippen LogP contribution < -0.4 is 5.32 Å². The van der Waals surface area contributed by atoms with Gasteiger partial charge < -0.3 is 5.32 Å². The average Bonchev–Trinajstić information content (AvgIpc) is 2.66. The third kappa shape index (κ3) is 2.83. The van der Waals surface area contributed by atoms with E-state index < -0.39 is 0 Å². The van der Waals surface area contributed by atoms with E-state index in [2.05, 4.69) is 28.2 Å². The van der Waals surface area contributed by atoms with Gasteiger partial charge in [0.25, 0.3) is 0 Å². The Morgan fingerprint density at radius 2 is 2.29 bits per heavy atom. The molecule has 1 N–H and O–H groups in total. The monoisotopic (exact) mass is 315 g/mol. The highest BCUT2D eigenvalue weighted by Crippen LogP contribution is 2.31. The van der Waals surface area contributed by atoms with Crippen LogP contribution in [0, 0.1) is 0 Å². The quantitative estimate of drug-likeness (QED) is 0.905. The first-order valence-electron chi connectivity index (χ1n) is 5.79. The molecule has 1 amide bonds. The third-order valence-corrected chi connectivity index (χ3v) is 4.31. The Balaban J connectivity index is 2.24. The first-order chi connectivity index (χ1) is 8.04. The highest BCUT2D eigenvalue weighted by atomic mass is 79.9. The van der Waals surface area contributed by atoms with Gasteiger partial charge in [0.05, 0.1) is 0 Å². The van der Waals surface area contributed by atoms with Crippen molar-refractivity contribution < 1.29 is 4.79 Å². The summed E-state index contributed by atoms with van der Waals surface area (Å²) in [5, 5.41) is 3.87.